The average molecular weight is 380 g/mol. The van der Waals surface area contributed by atoms with Crippen molar-refractivity contribution in [3.05, 3.63) is 53.6 Å². The average Bonchev–Trinajstić information content (AvgIpc) is 3.29. The Labute approximate surface area is 164 Å². The van der Waals surface area contributed by atoms with E-state index in [0.717, 1.165) is 11.3 Å². The Morgan fingerprint density at radius 1 is 1.14 bits per heavy atom. The Morgan fingerprint density at radius 2 is 1.89 bits per heavy atom. The van der Waals surface area contributed by atoms with E-state index in [9.17, 15) is 9.59 Å². The fraction of sp³-hybridized carbons (Fsp3) is 0.364. The zero-order valence-electron chi connectivity index (χ0n) is 16.1. The number of hydrogen-bond donors (Lipinski definition) is 1. The normalized spacial score (nSPS) is 18.0. The molecule has 6 nitrogen and oxygen atoms in total. The van der Waals surface area contributed by atoms with E-state index >= 15 is 0 Å². The van der Waals surface area contributed by atoms with Crippen LogP contribution in [0.25, 0.3) is 0 Å². The summed E-state index contributed by atoms with van der Waals surface area (Å²) in [6.45, 7) is 4.85. The highest BCUT2D eigenvalue weighted by Crippen LogP contribution is 2.33. The van der Waals surface area contributed by atoms with Gasteiger partial charge in [0, 0.05) is 18.7 Å². The number of hydrogen-bond acceptors (Lipinski definition) is 4. The van der Waals surface area contributed by atoms with Gasteiger partial charge < -0.3 is 19.7 Å². The van der Waals surface area contributed by atoms with Gasteiger partial charge in [0.1, 0.15) is 6.04 Å². The molecule has 4 rings (SSSR count). The molecule has 1 unspecified atom stereocenters. The Hall–Kier alpha value is -3.02. The molecule has 1 atom stereocenters. The van der Waals surface area contributed by atoms with Crippen molar-refractivity contribution in [2.24, 2.45) is 0 Å². The first-order valence-electron chi connectivity index (χ1n) is 9.60. The van der Waals surface area contributed by atoms with Crippen molar-refractivity contribution in [1.29, 1.82) is 0 Å². The van der Waals surface area contributed by atoms with Crippen LogP contribution < -0.4 is 14.8 Å². The number of carbonyl (C=O) groups excluding carboxylic acids is 2. The molecule has 1 N–H and O–H groups in total. The van der Waals surface area contributed by atoms with E-state index in [-0.39, 0.29) is 18.6 Å². The lowest BCUT2D eigenvalue weighted by Gasteiger charge is -2.24. The Bertz CT molecular complexity index is 892. The minimum absolute atomic E-state index is 0.00651. The van der Waals surface area contributed by atoms with Crippen LogP contribution in [0.1, 0.15) is 43.7 Å². The van der Waals surface area contributed by atoms with Gasteiger partial charge in [0.2, 0.25) is 18.6 Å². The highest BCUT2D eigenvalue weighted by molar-refractivity contribution is 5.99. The van der Waals surface area contributed by atoms with Crippen LogP contribution in [0.5, 0.6) is 11.5 Å². The first-order valence-corrected chi connectivity index (χ1v) is 9.60. The van der Waals surface area contributed by atoms with E-state index in [2.05, 4.69) is 19.2 Å². The number of anilines is 1. The van der Waals surface area contributed by atoms with Gasteiger partial charge in [0.15, 0.2) is 11.5 Å². The van der Waals surface area contributed by atoms with Crippen LogP contribution >= 0.6 is 0 Å². The van der Waals surface area contributed by atoms with Crippen molar-refractivity contribution in [1.82, 2.24) is 4.90 Å². The molecular weight excluding hydrogens is 356 g/mol. The van der Waals surface area contributed by atoms with Gasteiger partial charge >= 0.3 is 0 Å². The second kappa shape index (κ2) is 7.54. The molecule has 0 saturated carbocycles. The molecule has 0 spiro atoms. The van der Waals surface area contributed by atoms with E-state index in [0.29, 0.717) is 36.8 Å². The van der Waals surface area contributed by atoms with E-state index in [4.69, 9.17) is 9.47 Å². The van der Waals surface area contributed by atoms with Crippen LogP contribution in [-0.2, 0) is 16.1 Å². The Morgan fingerprint density at radius 3 is 2.64 bits per heavy atom. The van der Waals surface area contributed by atoms with Gasteiger partial charge in [0.05, 0.1) is 0 Å². The summed E-state index contributed by atoms with van der Waals surface area (Å²) in [5.74, 6) is 1.66. The van der Waals surface area contributed by atoms with Crippen molar-refractivity contribution >= 4 is 17.5 Å². The third kappa shape index (κ3) is 3.67. The highest BCUT2D eigenvalue weighted by atomic mass is 16.7. The van der Waals surface area contributed by atoms with Crippen LogP contribution in [0, 0.1) is 0 Å². The van der Waals surface area contributed by atoms with Crippen molar-refractivity contribution < 1.29 is 19.1 Å². The predicted molar refractivity (Wildman–Crippen MR) is 105 cm³/mol. The number of likely N-dealkylation sites (tertiary alicyclic amines) is 1. The minimum Gasteiger partial charge on any atom is -0.454 e. The number of nitrogens with zero attached hydrogens (tertiary/aromatic N) is 1. The zero-order valence-corrected chi connectivity index (χ0v) is 16.1. The van der Waals surface area contributed by atoms with Crippen molar-refractivity contribution in [3.63, 3.8) is 0 Å². The van der Waals surface area contributed by atoms with Crippen molar-refractivity contribution in [3.8, 4) is 11.5 Å². The van der Waals surface area contributed by atoms with Crippen LogP contribution in [-0.4, -0.2) is 29.5 Å². The molecule has 2 aliphatic rings. The molecule has 28 heavy (non-hydrogen) atoms. The summed E-state index contributed by atoms with van der Waals surface area (Å²) < 4.78 is 10.7. The second-order valence-electron chi connectivity index (χ2n) is 7.53. The van der Waals surface area contributed by atoms with Gasteiger partial charge in [-0.05, 0) is 47.7 Å². The topological polar surface area (TPSA) is 67.9 Å². The van der Waals surface area contributed by atoms with E-state index in [1.54, 1.807) is 4.90 Å². The Balaban J connectivity index is 1.45. The second-order valence-corrected chi connectivity index (χ2v) is 7.53. The molecule has 1 saturated heterocycles. The molecule has 2 amide bonds. The standard InChI is InChI=1S/C22H24N2O4/c1-14(2)16-4-6-17(7-5-16)23-22(26)18-8-10-21(25)24(18)12-15-3-9-19-20(11-15)28-13-27-19/h3-7,9,11,14,18H,8,10,12-13H2,1-2H3,(H,23,26). The zero-order chi connectivity index (χ0) is 19.7. The molecule has 2 aliphatic heterocycles. The summed E-state index contributed by atoms with van der Waals surface area (Å²) in [7, 11) is 0. The van der Waals surface area contributed by atoms with Crippen LogP contribution in [0.4, 0.5) is 5.69 Å². The summed E-state index contributed by atoms with van der Waals surface area (Å²) in [6, 6.07) is 13.0. The number of nitrogens with one attached hydrogen (secondary N) is 1. The lowest BCUT2D eigenvalue weighted by Crippen LogP contribution is -2.41. The number of benzene rings is 2. The van der Waals surface area contributed by atoms with Gasteiger partial charge in [-0.25, -0.2) is 0 Å². The first-order chi connectivity index (χ1) is 13.5. The third-order valence-electron chi connectivity index (χ3n) is 5.27. The fourth-order valence-corrected chi connectivity index (χ4v) is 3.62. The SMILES string of the molecule is CC(C)c1ccc(NC(=O)C2CCC(=O)N2Cc2ccc3c(c2)OCO3)cc1. The highest BCUT2D eigenvalue weighted by Gasteiger charge is 2.36. The Kier molecular flexibility index (Phi) is 4.94. The number of ether oxygens (including phenoxy) is 2. The quantitative estimate of drug-likeness (QED) is 0.859. The predicted octanol–water partition coefficient (Wildman–Crippen LogP) is 3.67. The van der Waals surface area contributed by atoms with E-state index in [1.807, 2.05) is 42.5 Å². The maximum Gasteiger partial charge on any atom is 0.247 e. The molecule has 0 aliphatic carbocycles. The lowest BCUT2D eigenvalue weighted by molar-refractivity contribution is -0.133. The molecule has 146 valence electrons. The molecule has 0 bridgehead atoms. The monoisotopic (exact) mass is 380 g/mol. The van der Waals surface area contributed by atoms with Gasteiger partial charge in [-0.15, -0.1) is 0 Å². The molecule has 2 heterocycles. The maximum atomic E-state index is 12.8. The summed E-state index contributed by atoms with van der Waals surface area (Å²) in [4.78, 5) is 26.9. The molecule has 1 fully saturated rings. The van der Waals surface area contributed by atoms with Gasteiger partial charge in [-0.2, -0.15) is 0 Å². The third-order valence-corrected chi connectivity index (χ3v) is 5.27. The smallest absolute Gasteiger partial charge is 0.247 e. The van der Waals surface area contributed by atoms with Gasteiger partial charge in [0.25, 0.3) is 0 Å². The largest absolute Gasteiger partial charge is 0.454 e. The molecule has 0 aromatic heterocycles. The summed E-state index contributed by atoms with van der Waals surface area (Å²) in [6.07, 6.45) is 0.911. The summed E-state index contributed by atoms with van der Waals surface area (Å²) in [5.41, 5.74) is 2.88. The molecule has 0 radical (unpaired) electrons. The summed E-state index contributed by atoms with van der Waals surface area (Å²) in [5, 5.41) is 2.95. The van der Waals surface area contributed by atoms with Gasteiger partial charge in [-0.1, -0.05) is 32.0 Å². The molecular formula is C22H24N2O4. The van der Waals surface area contributed by atoms with Crippen LogP contribution in [0.3, 0.4) is 0 Å². The van der Waals surface area contributed by atoms with Gasteiger partial charge in [-0.3, -0.25) is 9.59 Å². The molecule has 2 aromatic rings. The van der Waals surface area contributed by atoms with Crippen molar-refractivity contribution in [2.45, 2.75) is 45.2 Å². The number of fused-ring (bicyclic) bond motifs is 1. The number of amides is 2. The number of carbonyl (C=O) groups is 2. The minimum atomic E-state index is -0.470. The van der Waals surface area contributed by atoms with E-state index in [1.165, 1.54) is 5.56 Å². The molecule has 6 heteroatoms. The number of rotatable bonds is 5. The van der Waals surface area contributed by atoms with Crippen LogP contribution in [0.15, 0.2) is 42.5 Å². The summed E-state index contributed by atoms with van der Waals surface area (Å²) >= 11 is 0. The molecule has 2 aromatic carbocycles. The fourth-order valence-electron chi connectivity index (χ4n) is 3.62. The first kappa shape index (κ1) is 18.3. The maximum absolute atomic E-state index is 12.8. The van der Waals surface area contributed by atoms with Crippen LogP contribution in [0.2, 0.25) is 0 Å². The lowest BCUT2D eigenvalue weighted by atomic mass is 10.0. The van der Waals surface area contributed by atoms with E-state index < -0.39 is 6.04 Å². The van der Waals surface area contributed by atoms with Crippen molar-refractivity contribution in [2.75, 3.05) is 12.1 Å².